The Morgan fingerprint density at radius 3 is 2.76 bits per heavy atom. The number of carbonyl (C=O) groups excluding carboxylic acids is 1. The van der Waals surface area contributed by atoms with Gasteiger partial charge in [-0.05, 0) is 13.0 Å². The normalized spacial score (nSPS) is 18.6. The van der Waals surface area contributed by atoms with E-state index in [0.29, 0.717) is 11.4 Å². The van der Waals surface area contributed by atoms with Crippen LogP contribution in [0, 0.1) is 12.7 Å². The number of hydrogen-bond acceptors (Lipinski definition) is 3. The van der Waals surface area contributed by atoms with E-state index in [0.717, 1.165) is 11.3 Å². The summed E-state index contributed by atoms with van der Waals surface area (Å²) in [5.41, 5.74) is 2.16. The predicted octanol–water partition coefficient (Wildman–Crippen LogP) is 1.52. The summed E-state index contributed by atoms with van der Waals surface area (Å²) in [6.45, 7) is 2.03. The van der Waals surface area contributed by atoms with Crippen LogP contribution in [0.4, 0.5) is 10.2 Å². The highest BCUT2D eigenvalue weighted by atomic mass is 19.1. The van der Waals surface area contributed by atoms with Crippen LogP contribution in [0.3, 0.4) is 0 Å². The maximum Gasteiger partial charge on any atom is 0.241 e. The molecule has 0 radical (unpaired) electrons. The molecule has 110 valence electrons. The summed E-state index contributed by atoms with van der Waals surface area (Å²) in [6, 6.07) is 6.23. The highest BCUT2D eigenvalue weighted by molar-refractivity contribution is 5.95. The number of aryl methyl sites for hydroxylation is 2. The minimum absolute atomic E-state index is 0.0712. The Morgan fingerprint density at radius 1 is 1.33 bits per heavy atom. The maximum absolute atomic E-state index is 14.2. The number of rotatable bonds is 1. The number of carbonyl (C=O) groups is 1. The fourth-order valence-corrected chi connectivity index (χ4v) is 2.90. The minimum Gasteiger partial charge on any atom is -0.299 e. The molecule has 3 rings (SSSR count). The third kappa shape index (κ3) is 2.12. The Hall–Kier alpha value is -2.21. The molecular weight excluding hydrogens is 271 g/mol. The molecule has 1 unspecified atom stereocenters. The van der Waals surface area contributed by atoms with Crippen molar-refractivity contribution in [3.63, 3.8) is 0 Å². The lowest BCUT2D eigenvalue weighted by atomic mass is 9.98. The van der Waals surface area contributed by atoms with Crippen LogP contribution < -0.4 is 10.2 Å². The average Bonchev–Trinajstić information content (AvgIpc) is 2.66. The molecule has 1 aromatic carbocycles. The first-order valence-corrected chi connectivity index (χ1v) is 6.78. The molecule has 0 fully saturated rings. The molecule has 0 bridgehead atoms. The van der Waals surface area contributed by atoms with Crippen LogP contribution in [-0.2, 0) is 11.8 Å². The summed E-state index contributed by atoms with van der Waals surface area (Å²) in [4.78, 5) is 13.7. The summed E-state index contributed by atoms with van der Waals surface area (Å²) < 4.78 is 15.8. The molecule has 0 saturated heterocycles. The zero-order valence-corrected chi connectivity index (χ0v) is 12.2. The molecule has 1 N–H and O–H groups in total. The molecule has 2 aromatic rings. The lowest BCUT2D eigenvalue weighted by molar-refractivity contribution is -0.117. The van der Waals surface area contributed by atoms with Gasteiger partial charge in [0.15, 0.2) is 0 Å². The topological polar surface area (TPSA) is 50.2 Å². The van der Waals surface area contributed by atoms with Gasteiger partial charge in [0, 0.05) is 25.2 Å². The second-order valence-corrected chi connectivity index (χ2v) is 5.23. The van der Waals surface area contributed by atoms with Crippen LogP contribution in [0.15, 0.2) is 24.3 Å². The van der Waals surface area contributed by atoms with E-state index in [1.807, 2.05) is 6.92 Å². The van der Waals surface area contributed by atoms with Gasteiger partial charge in [-0.2, -0.15) is 5.10 Å². The number of fused-ring (bicyclic) bond motifs is 1. The number of aromatic nitrogens is 2. The molecule has 2 heterocycles. The molecule has 0 aliphatic carbocycles. The molecule has 0 spiro atoms. The first kappa shape index (κ1) is 13.8. The van der Waals surface area contributed by atoms with Crippen LogP contribution in [0.5, 0.6) is 0 Å². The van der Waals surface area contributed by atoms with Crippen molar-refractivity contribution in [1.29, 1.82) is 0 Å². The zero-order valence-electron chi connectivity index (χ0n) is 12.2. The summed E-state index contributed by atoms with van der Waals surface area (Å²) in [5.74, 6) is 0.343. The second kappa shape index (κ2) is 4.96. The number of hydrogen-bond donors (Lipinski definition) is 1. The Balaban J connectivity index is 2.22. The first-order chi connectivity index (χ1) is 10.0. The molecule has 1 atom stereocenters. The smallest absolute Gasteiger partial charge is 0.241 e. The zero-order chi connectivity index (χ0) is 15.1. The molecule has 5 nitrogen and oxygen atoms in total. The van der Waals surface area contributed by atoms with Gasteiger partial charge in [0.05, 0.1) is 18.3 Å². The highest BCUT2D eigenvalue weighted by Gasteiger charge is 2.32. The minimum atomic E-state index is -0.385. The lowest BCUT2D eigenvalue weighted by Gasteiger charge is -2.18. The van der Waals surface area contributed by atoms with Gasteiger partial charge in [-0.1, -0.05) is 18.2 Å². The van der Waals surface area contributed by atoms with E-state index in [-0.39, 0.29) is 24.3 Å². The molecule has 0 saturated carbocycles. The van der Waals surface area contributed by atoms with Crippen molar-refractivity contribution < 1.29 is 9.18 Å². The number of anilines is 1. The van der Waals surface area contributed by atoms with Crippen LogP contribution in [0.25, 0.3) is 0 Å². The summed E-state index contributed by atoms with van der Waals surface area (Å²) >= 11 is 0. The molecule has 21 heavy (non-hydrogen) atoms. The third-order valence-electron chi connectivity index (χ3n) is 3.89. The molecule has 1 aliphatic rings. The van der Waals surface area contributed by atoms with E-state index in [1.54, 1.807) is 41.9 Å². The van der Waals surface area contributed by atoms with E-state index in [9.17, 15) is 9.18 Å². The second-order valence-electron chi connectivity index (χ2n) is 5.23. The number of nitrogens with one attached hydrogen (secondary N) is 1. The van der Waals surface area contributed by atoms with Crippen LogP contribution in [0.1, 0.15) is 22.9 Å². The van der Waals surface area contributed by atoms with Crippen molar-refractivity contribution in [2.24, 2.45) is 7.05 Å². The van der Waals surface area contributed by atoms with E-state index in [1.165, 1.54) is 6.07 Å². The number of benzene rings is 1. The Kier molecular flexibility index (Phi) is 3.25. The van der Waals surface area contributed by atoms with Gasteiger partial charge in [0.1, 0.15) is 11.6 Å². The Bertz CT molecular complexity index is 710. The molecular formula is C15H17FN4O. The van der Waals surface area contributed by atoms with Crippen LogP contribution in [0.2, 0.25) is 0 Å². The number of halogens is 1. The van der Waals surface area contributed by atoms with E-state index < -0.39 is 0 Å². The summed E-state index contributed by atoms with van der Waals surface area (Å²) in [6.07, 6.45) is 0. The van der Waals surface area contributed by atoms with Gasteiger partial charge in [0.2, 0.25) is 5.91 Å². The number of nitrogens with zero attached hydrogens (tertiary/aromatic N) is 3. The van der Waals surface area contributed by atoms with E-state index in [2.05, 4.69) is 10.4 Å². The summed E-state index contributed by atoms with van der Waals surface area (Å²) in [5, 5.41) is 7.53. The highest BCUT2D eigenvalue weighted by Crippen LogP contribution is 2.35. The van der Waals surface area contributed by atoms with Gasteiger partial charge in [-0.15, -0.1) is 0 Å². The standard InChI is InChI=1S/C15H17FN4O/c1-9-13-14(10-6-4-5-7-11(10)16)17-8-12(21)19(2)15(13)20(3)18-9/h4-7,14,17H,8H2,1-3H3. The van der Waals surface area contributed by atoms with Crippen molar-refractivity contribution in [1.82, 2.24) is 15.1 Å². The number of amides is 1. The van der Waals surface area contributed by atoms with Gasteiger partial charge in [-0.25, -0.2) is 4.39 Å². The van der Waals surface area contributed by atoms with E-state index in [4.69, 9.17) is 0 Å². The van der Waals surface area contributed by atoms with Crippen molar-refractivity contribution >= 4 is 11.7 Å². The summed E-state index contributed by atoms with van der Waals surface area (Å²) in [7, 11) is 3.51. The van der Waals surface area contributed by atoms with Crippen molar-refractivity contribution in [2.45, 2.75) is 13.0 Å². The fourth-order valence-electron chi connectivity index (χ4n) is 2.90. The van der Waals surface area contributed by atoms with Crippen LogP contribution >= 0.6 is 0 Å². The number of likely N-dealkylation sites (N-methyl/N-ethyl adjacent to an activating group) is 1. The lowest BCUT2D eigenvalue weighted by Crippen LogP contribution is -2.34. The predicted molar refractivity (Wildman–Crippen MR) is 77.6 cm³/mol. The molecule has 6 heteroatoms. The monoisotopic (exact) mass is 288 g/mol. The Morgan fingerprint density at radius 2 is 2.05 bits per heavy atom. The van der Waals surface area contributed by atoms with Crippen molar-refractivity contribution in [2.75, 3.05) is 18.5 Å². The largest absolute Gasteiger partial charge is 0.299 e. The van der Waals surface area contributed by atoms with Gasteiger partial charge < -0.3 is 0 Å². The first-order valence-electron chi connectivity index (χ1n) is 6.78. The van der Waals surface area contributed by atoms with Crippen molar-refractivity contribution in [3.05, 3.63) is 46.9 Å². The average molecular weight is 288 g/mol. The Labute approximate surface area is 122 Å². The molecule has 1 aliphatic heterocycles. The molecule has 1 aromatic heterocycles. The van der Waals surface area contributed by atoms with Gasteiger partial charge in [0.25, 0.3) is 0 Å². The quantitative estimate of drug-likeness (QED) is 0.865. The van der Waals surface area contributed by atoms with E-state index >= 15 is 0 Å². The van der Waals surface area contributed by atoms with Gasteiger partial charge in [-0.3, -0.25) is 19.7 Å². The third-order valence-corrected chi connectivity index (χ3v) is 3.89. The van der Waals surface area contributed by atoms with Gasteiger partial charge >= 0.3 is 0 Å². The van der Waals surface area contributed by atoms with Crippen molar-refractivity contribution in [3.8, 4) is 0 Å². The molecule has 1 amide bonds. The fraction of sp³-hybridized carbons (Fsp3) is 0.333. The maximum atomic E-state index is 14.2. The van der Waals surface area contributed by atoms with Crippen LogP contribution in [-0.4, -0.2) is 29.3 Å². The SMILES string of the molecule is Cc1nn(C)c2c1C(c1ccccc1F)NCC(=O)N2C.